The molecule has 0 aromatic carbocycles. The van der Waals surface area contributed by atoms with Gasteiger partial charge in [0.1, 0.15) is 0 Å². The van der Waals surface area contributed by atoms with Crippen molar-refractivity contribution < 1.29 is 9.84 Å². The first-order valence-electron chi connectivity index (χ1n) is 8.64. The molecule has 0 radical (unpaired) electrons. The Labute approximate surface area is 167 Å². The van der Waals surface area contributed by atoms with Crippen molar-refractivity contribution in [3.05, 3.63) is 24.0 Å². The summed E-state index contributed by atoms with van der Waals surface area (Å²) in [6, 6.07) is 2.06. The van der Waals surface area contributed by atoms with Crippen LogP contribution in [0.4, 0.5) is 0 Å². The third-order valence-electron chi connectivity index (χ3n) is 3.96. The van der Waals surface area contributed by atoms with Crippen molar-refractivity contribution in [3.63, 3.8) is 0 Å². The van der Waals surface area contributed by atoms with E-state index in [1.807, 2.05) is 31.7 Å². The van der Waals surface area contributed by atoms with Crippen molar-refractivity contribution in [2.45, 2.75) is 26.0 Å². The number of nitrogens with zero attached hydrogens (tertiary/aromatic N) is 3. The fourth-order valence-electron chi connectivity index (χ4n) is 2.74. The van der Waals surface area contributed by atoms with E-state index < -0.39 is 5.60 Å². The van der Waals surface area contributed by atoms with Gasteiger partial charge in [0, 0.05) is 52.2 Å². The van der Waals surface area contributed by atoms with E-state index in [0.717, 1.165) is 44.4 Å². The molecule has 1 aliphatic heterocycles. The van der Waals surface area contributed by atoms with Gasteiger partial charge in [-0.1, -0.05) is 0 Å². The fraction of sp³-hybridized carbons (Fsp3) is 0.706. The van der Waals surface area contributed by atoms with Gasteiger partial charge in [-0.2, -0.15) is 0 Å². The molecule has 7 nitrogen and oxygen atoms in total. The van der Waals surface area contributed by atoms with Crippen molar-refractivity contribution in [3.8, 4) is 0 Å². The van der Waals surface area contributed by atoms with Crippen LogP contribution in [0.25, 0.3) is 0 Å². The summed E-state index contributed by atoms with van der Waals surface area (Å²) in [5, 5.41) is 17.1. The summed E-state index contributed by atoms with van der Waals surface area (Å²) >= 11 is 0. The monoisotopic (exact) mass is 465 g/mol. The second-order valence-corrected chi connectivity index (χ2v) is 6.62. The lowest BCUT2D eigenvalue weighted by Gasteiger charge is -2.34. The van der Waals surface area contributed by atoms with Gasteiger partial charge < -0.3 is 25.0 Å². The van der Waals surface area contributed by atoms with Crippen LogP contribution in [0.5, 0.6) is 0 Å². The number of aryl methyl sites for hydroxylation is 1. The quantitative estimate of drug-likeness (QED) is 0.316. The van der Waals surface area contributed by atoms with Gasteiger partial charge in [-0.3, -0.25) is 4.90 Å². The number of β-amino-alcohol motifs (C(OH)–C–C–N with tert-alkyl or cyclic N) is 1. The van der Waals surface area contributed by atoms with Crippen LogP contribution in [0, 0.1) is 0 Å². The van der Waals surface area contributed by atoms with E-state index in [1.165, 1.54) is 0 Å². The van der Waals surface area contributed by atoms with Gasteiger partial charge in [0.25, 0.3) is 0 Å². The number of aliphatic hydroxyl groups is 1. The van der Waals surface area contributed by atoms with E-state index in [1.54, 1.807) is 0 Å². The highest BCUT2D eigenvalue weighted by molar-refractivity contribution is 14.0. The number of aliphatic imine (C=N–C) groups is 1. The number of hydrogen-bond acceptors (Lipinski definition) is 4. The van der Waals surface area contributed by atoms with Crippen molar-refractivity contribution >= 4 is 29.9 Å². The maximum absolute atomic E-state index is 10.6. The maximum Gasteiger partial charge on any atom is 0.191 e. The molecule has 8 heteroatoms. The molecule has 0 saturated carbocycles. The van der Waals surface area contributed by atoms with Crippen molar-refractivity contribution in [1.29, 1.82) is 0 Å². The molecule has 1 saturated heterocycles. The average Bonchev–Trinajstić information content (AvgIpc) is 2.96. The molecule has 3 N–H and O–H groups in total. The molecule has 144 valence electrons. The Kier molecular flexibility index (Phi) is 9.77. The Morgan fingerprint density at radius 3 is 2.68 bits per heavy atom. The first-order chi connectivity index (χ1) is 11.5. The molecule has 0 spiro atoms. The Bertz CT molecular complexity index is 527. The summed E-state index contributed by atoms with van der Waals surface area (Å²) in [6.45, 7) is 9.59. The fourth-order valence-corrected chi connectivity index (χ4v) is 2.74. The molecule has 1 unspecified atom stereocenters. The highest BCUT2D eigenvalue weighted by Crippen LogP contribution is 2.08. The lowest BCUT2D eigenvalue weighted by Crippen LogP contribution is -2.52. The predicted octanol–water partition coefficient (Wildman–Crippen LogP) is 0.781. The molecule has 1 aromatic heterocycles. The second kappa shape index (κ2) is 11.0. The third-order valence-corrected chi connectivity index (χ3v) is 3.96. The van der Waals surface area contributed by atoms with Crippen LogP contribution in [-0.2, 0) is 18.3 Å². The molecule has 2 heterocycles. The van der Waals surface area contributed by atoms with Crippen LogP contribution in [0.15, 0.2) is 23.5 Å². The molecule has 1 atom stereocenters. The van der Waals surface area contributed by atoms with Crippen molar-refractivity contribution in [2.75, 3.05) is 45.9 Å². The van der Waals surface area contributed by atoms with E-state index in [0.29, 0.717) is 19.6 Å². The van der Waals surface area contributed by atoms with E-state index in [4.69, 9.17) is 4.74 Å². The second-order valence-electron chi connectivity index (χ2n) is 6.62. The number of halogens is 1. The van der Waals surface area contributed by atoms with Gasteiger partial charge in [-0.15, -0.1) is 24.0 Å². The third kappa shape index (κ3) is 8.39. The van der Waals surface area contributed by atoms with Crippen molar-refractivity contribution in [1.82, 2.24) is 20.1 Å². The molecule has 25 heavy (non-hydrogen) atoms. The van der Waals surface area contributed by atoms with Gasteiger partial charge in [0.15, 0.2) is 5.96 Å². The highest BCUT2D eigenvalue weighted by atomic mass is 127. The minimum Gasteiger partial charge on any atom is -0.387 e. The number of hydrogen-bond donors (Lipinski definition) is 3. The van der Waals surface area contributed by atoms with Gasteiger partial charge in [-0.25, -0.2) is 4.99 Å². The van der Waals surface area contributed by atoms with Gasteiger partial charge in [0.2, 0.25) is 0 Å². The van der Waals surface area contributed by atoms with E-state index in [2.05, 4.69) is 32.8 Å². The standard InChI is InChI=1S/C17H31N5O2.HI/c1-4-18-16(19-11-15-5-6-21(3)12-15)20-13-17(2,23)14-22-7-9-24-10-8-22;/h5-6,12,23H,4,7-11,13-14H2,1-3H3,(H2,18,19,20);1H. The van der Waals surface area contributed by atoms with E-state index in [9.17, 15) is 5.11 Å². The first-order valence-corrected chi connectivity index (χ1v) is 8.64. The minimum atomic E-state index is -0.819. The van der Waals surface area contributed by atoms with Gasteiger partial charge in [0.05, 0.1) is 25.4 Å². The van der Waals surface area contributed by atoms with Gasteiger partial charge >= 0.3 is 0 Å². The summed E-state index contributed by atoms with van der Waals surface area (Å²) < 4.78 is 7.36. The van der Waals surface area contributed by atoms with Crippen molar-refractivity contribution in [2.24, 2.45) is 12.0 Å². The highest BCUT2D eigenvalue weighted by Gasteiger charge is 2.25. The Morgan fingerprint density at radius 2 is 2.08 bits per heavy atom. The lowest BCUT2D eigenvalue weighted by atomic mass is 10.1. The number of morpholine rings is 1. The largest absolute Gasteiger partial charge is 0.387 e. The smallest absolute Gasteiger partial charge is 0.191 e. The number of rotatable bonds is 7. The Morgan fingerprint density at radius 1 is 1.36 bits per heavy atom. The summed E-state index contributed by atoms with van der Waals surface area (Å²) in [5.41, 5.74) is 0.343. The number of aromatic nitrogens is 1. The Balaban J connectivity index is 0.00000312. The normalized spacial score (nSPS) is 18.3. The lowest BCUT2D eigenvalue weighted by molar-refractivity contribution is -0.0201. The maximum atomic E-state index is 10.6. The topological polar surface area (TPSA) is 74.0 Å². The molecular formula is C17H32IN5O2. The summed E-state index contributed by atoms with van der Waals surface area (Å²) in [6.07, 6.45) is 4.07. The zero-order valence-electron chi connectivity index (χ0n) is 15.5. The molecule has 0 aliphatic carbocycles. The van der Waals surface area contributed by atoms with Crippen LogP contribution in [0.1, 0.15) is 19.4 Å². The van der Waals surface area contributed by atoms with Crippen LogP contribution in [0.2, 0.25) is 0 Å². The molecule has 0 amide bonds. The van der Waals surface area contributed by atoms with Crippen LogP contribution in [0.3, 0.4) is 0 Å². The summed E-state index contributed by atoms with van der Waals surface area (Å²) in [4.78, 5) is 6.82. The molecule has 1 fully saturated rings. The van der Waals surface area contributed by atoms with Crippen LogP contribution >= 0.6 is 24.0 Å². The molecule has 2 rings (SSSR count). The minimum absolute atomic E-state index is 0. The molecule has 1 aliphatic rings. The summed E-state index contributed by atoms with van der Waals surface area (Å²) in [5.74, 6) is 0.726. The van der Waals surface area contributed by atoms with E-state index >= 15 is 0 Å². The number of ether oxygens (including phenoxy) is 1. The molecule has 0 bridgehead atoms. The van der Waals surface area contributed by atoms with E-state index in [-0.39, 0.29) is 24.0 Å². The molecular weight excluding hydrogens is 433 g/mol. The van der Waals surface area contributed by atoms with Gasteiger partial charge in [-0.05, 0) is 25.5 Å². The average molecular weight is 465 g/mol. The number of nitrogens with one attached hydrogen (secondary N) is 2. The number of guanidine groups is 1. The Hall–Kier alpha value is -0.840. The zero-order chi connectivity index (χ0) is 17.4. The summed E-state index contributed by atoms with van der Waals surface area (Å²) in [7, 11) is 2.00. The van der Waals surface area contributed by atoms with Crippen LogP contribution < -0.4 is 10.6 Å². The predicted molar refractivity (Wildman–Crippen MR) is 112 cm³/mol. The SMILES string of the molecule is CCNC(=NCc1ccn(C)c1)NCC(C)(O)CN1CCOCC1.I. The first kappa shape index (κ1) is 22.2. The zero-order valence-corrected chi connectivity index (χ0v) is 17.8. The van der Waals surface area contributed by atoms with Crippen LogP contribution in [-0.4, -0.2) is 72.1 Å². The molecule has 1 aromatic rings.